The zero-order valence-electron chi connectivity index (χ0n) is 7.25. The number of benzene rings is 1. The number of rotatable bonds is 3. The van der Waals surface area contributed by atoms with E-state index in [0.29, 0.717) is 0 Å². The van der Waals surface area contributed by atoms with Crippen LogP contribution in [0, 0.1) is 0 Å². The summed E-state index contributed by atoms with van der Waals surface area (Å²) >= 11 is 0. The van der Waals surface area contributed by atoms with Gasteiger partial charge in [-0.3, -0.25) is 9.35 Å². The number of hydrogen-bond acceptors (Lipinski definition) is 4. The first-order chi connectivity index (χ1) is 6.82. The van der Waals surface area contributed by atoms with Crippen LogP contribution in [0.4, 0.5) is 0 Å². The predicted molar refractivity (Wildman–Crippen MR) is 48.2 cm³/mol. The van der Waals surface area contributed by atoms with Gasteiger partial charge in [-0.25, -0.2) is 4.79 Å². The molecule has 0 spiro atoms. The maximum absolute atomic E-state index is 10.9. The summed E-state index contributed by atoms with van der Waals surface area (Å²) in [6, 6.07) is 3.93. The molecule has 1 aromatic rings. The van der Waals surface area contributed by atoms with Crippen LogP contribution in [0.25, 0.3) is 0 Å². The molecule has 0 saturated heterocycles. The summed E-state index contributed by atoms with van der Waals surface area (Å²) in [6.45, 7) is 0. The van der Waals surface area contributed by atoms with E-state index in [1.54, 1.807) is 0 Å². The number of hydrogen-bond donors (Lipinski definition) is 2. The number of carboxylic acid groups (broad SMARTS) is 1. The second-order valence-corrected chi connectivity index (χ2v) is 4.06. The van der Waals surface area contributed by atoms with Crippen LogP contribution >= 0.6 is 0 Å². The molecule has 0 fully saturated rings. The molecule has 0 saturated carbocycles. The van der Waals surface area contributed by atoms with Crippen LogP contribution in [-0.2, 0) is 14.9 Å². The van der Waals surface area contributed by atoms with E-state index in [0.717, 1.165) is 24.3 Å². The Balaban J connectivity index is 3.12. The van der Waals surface area contributed by atoms with Gasteiger partial charge in [-0.15, -0.1) is 0 Å². The number of aliphatic carboxylic acids is 1. The van der Waals surface area contributed by atoms with E-state index in [9.17, 15) is 18.0 Å². The minimum absolute atomic E-state index is 0.157. The molecule has 2 N–H and O–H groups in total. The highest BCUT2D eigenvalue weighted by atomic mass is 32.2. The molecule has 1 rings (SSSR count). The van der Waals surface area contributed by atoms with Crippen LogP contribution < -0.4 is 0 Å². The fourth-order valence-corrected chi connectivity index (χ4v) is 1.38. The zero-order chi connectivity index (χ0) is 11.6. The van der Waals surface area contributed by atoms with Crippen molar-refractivity contribution in [3.63, 3.8) is 0 Å². The highest BCUT2D eigenvalue weighted by Crippen LogP contribution is 2.10. The normalized spacial score (nSPS) is 11.0. The van der Waals surface area contributed by atoms with Crippen molar-refractivity contribution in [3.05, 3.63) is 29.8 Å². The highest BCUT2D eigenvalue weighted by molar-refractivity contribution is 7.85. The predicted octanol–water partition coefficient (Wildman–Crippen LogP) is 0.201. The quantitative estimate of drug-likeness (QED) is 0.436. The number of carbonyl (C=O) groups excluding carboxylic acids is 1. The van der Waals surface area contributed by atoms with E-state index in [2.05, 4.69) is 0 Å². The van der Waals surface area contributed by atoms with Gasteiger partial charge in [0, 0.05) is 5.56 Å². The van der Waals surface area contributed by atoms with Gasteiger partial charge in [-0.1, -0.05) is 0 Å². The van der Waals surface area contributed by atoms with Gasteiger partial charge < -0.3 is 5.11 Å². The van der Waals surface area contributed by atoms with Crippen LogP contribution in [0.3, 0.4) is 0 Å². The molecule has 80 valence electrons. The second kappa shape index (κ2) is 3.79. The third kappa shape index (κ3) is 2.61. The van der Waals surface area contributed by atoms with E-state index in [1.165, 1.54) is 0 Å². The monoisotopic (exact) mass is 230 g/mol. The lowest BCUT2D eigenvalue weighted by molar-refractivity contribution is -0.131. The smallest absolute Gasteiger partial charge is 0.377 e. The minimum Gasteiger partial charge on any atom is -0.475 e. The Labute approximate surface area is 84.9 Å². The van der Waals surface area contributed by atoms with E-state index >= 15 is 0 Å². The van der Waals surface area contributed by atoms with E-state index < -0.39 is 26.8 Å². The van der Waals surface area contributed by atoms with Crippen molar-refractivity contribution in [1.82, 2.24) is 0 Å². The highest BCUT2D eigenvalue weighted by Gasteiger charge is 2.15. The van der Waals surface area contributed by atoms with E-state index in [-0.39, 0.29) is 5.56 Å². The molecule has 0 amide bonds. The molecule has 0 radical (unpaired) electrons. The van der Waals surface area contributed by atoms with Gasteiger partial charge in [0.2, 0.25) is 0 Å². The van der Waals surface area contributed by atoms with Crippen molar-refractivity contribution in [3.8, 4) is 0 Å². The standard InChI is InChI=1S/C8H6O6S/c9-7(8(10)11)5-1-3-6(4-2-5)15(12,13)14/h1-4H,(H,10,11)(H,12,13,14). The van der Waals surface area contributed by atoms with Crippen molar-refractivity contribution in [2.75, 3.05) is 0 Å². The largest absolute Gasteiger partial charge is 0.475 e. The number of carbonyl (C=O) groups is 2. The Hall–Kier alpha value is -1.73. The van der Waals surface area contributed by atoms with Crippen LogP contribution in [0.15, 0.2) is 29.2 Å². The molecule has 0 bridgehead atoms. The molecule has 7 heteroatoms. The molecular weight excluding hydrogens is 224 g/mol. The molecule has 0 atom stereocenters. The van der Waals surface area contributed by atoms with Crippen molar-refractivity contribution in [2.45, 2.75) is 4.90 Å². The van der Waals surface area contributed by atoms with Crippen LogP contribution in [-0.4, -0.2) is 29.8 Å². The van der Waals surface area contributed by atoms with E-state index in [4.69, 9.17) is 9.66 Å². The lowest BCUT2D eigenvalue weighted by Crippen LogP contribution is -2.12. The lowest BCUT2D eigenvalue weighted by atomic mass is 10.1. The van der Waals surface area contributed by atoms with Crippen molar-refractivity contribution in [1.29, 1.82) is 0 Å². The van der Waals surface area contributed by atoms with Crippen molar-refractivity contribution in [2.24, 2.45) is 0 Å². The summed E-state index contributed by atoms with van der Waals surface area (Å²) in [6.07, 6.45) is 0. The van der Waals surface area contributed by atoms with E-state index in [1.807, 2.05) is 0 Å². The number of carboxylic acids is 1. The first-order valence-electron chi connectivity index (χ1n) is 3.67. The number of ketones is 1. The average Bonchev–Trinajstić information content (AvgIpc) is 2.15. The summed E-state index contributed by atoms with van der Waals surface area (Å²) in [4.78, 5) is 20.8. The maximum Gasteiger partial charge on any atom is 0.377 e. The van der Waals surface area contributed by atoms with Gasteiger partial charge in [-0.2, -0.15) is 8.42 Å². The molecule has 0 aromatic heterocycles. The van der Waals surface area contributed by atoms with Gasteiger partial charge >= 0.3 is 5.97 Å². The summed E-state index contributed by atoms with van der Waals surface area (Å²) in [5, 5.41) is 8.35. The SMILES string of the molecule is O=C(O)C(=O)c1ccc(S(=O)(=O)O)cc1. The third-order valence-electron chi connectivity index (χ3n) is 1.61. The second-order valence-electron chi connectivity index (χ2n) is 2.63. The average molecular weight is 230 g/mol. The van der Waals surface area contributed by atoms with Crippen LogP contribution in [0.1, 0.15) is 10.4 Å². The summed E-state index contributed by atoms with van der Waals surface area (Å²) in [5.74, 6) is -2.77. The third-order valence-corrected chi connectivity index (χ3v) is 2.48. The van der Waals surface area contributed by atoms with Gasteiger partial charge in [0.15, 0.2) is 0 Å². The molecule has 0 unspecified atom stereocenters. The minimum atomic E-state index is -4.32. The summed E-state index contributed by atoms with van der Waals surface area (Å²) in [5.41, 5.74) is -0.157. The van der Waals surface area contributed by atoms with Gasteiger partial charge in [0.05, 0.1) is 4.90 Å². The fourth-order valence-electron chi connectivity index (χ4n) is 0.902. The Morgan fingerprint density at radius 3 is 1.87 bits per heavy atom. The van der Waals surface area contributed by atoms with Crippen molar-refractivity contribution < 1.29 is 27.7 Å². The Bertz CT molecular complexity index is 498. The molecule has 0 aliphatic carbocycles. The molecule has 0 heterocycles. The van der Waals surface area contributed by atoms with Crippen molar-refractivity contribution >= 4 is 21.9 Å². The Morgan fingerprint density at radius 1 is 1.07 bits per heavy atom. The topological polar surface area (TPSA) is 109 Å². The summed E-state index contributed by atoms with van der Waals surface area (Å²) < 4.78 is 29.8. The molecule has 15 heavy (non-hydrogen) atoms. The molecule has 0 aliphatic rings. The number of Topliss-reactive ketones (excluding diaryl/α,β-unsaturated/α-hetero) is 1. The Kier molecular flexibility index (Phi) is 2.87. The van der Waals surface area contributed by atoms with Gasteiger partial charge in [0.1, 0.15) is 0 Å². The molecular formula is C8H6O6S. The van der Waals surface area contributed by atoms with Crippen LogP contribution in [0.2, 0.25) is 0 Å². The first-order valence-corrected chi connectivity index (χ1v) is 5.11. The van der Waals surface area contributed by atoms with Gasteiger partial charge in [0.25, 0.3) is 15.9 Å². The zero-order valence-corrected chi connectivity index (χ0v) is 8.06. The molecule has 6 nitrogen and oxygen atoms in total. The lowest BCUT2D eigenvalue weighted by Gasteiger charge is -1.98. The maximum atomic E-state index is 10.9. The molecule has 1 aromatic carbocycles. The fraction of sp³-hybridized carbons (Fsp3) is 0. The van der Waals surface area contributed by atoms with Crippen LogP contribution in [0.5, 0.6) is 0 Å². The molecule has 0 aliphatic heterocycles. The first kappa shape index (κ1) is 11.3. The summed E-state index contributed by atoms with van der Waals surface area (Å²) in [7, 11) is -4.32. The Morgan fingerprint density at radius 2 is 1.53 bits per heavy atom. The van der Waals surface area contributed by atoms with Gasteiger partial charge in [-0.05, 0) is 24.3 Å².